The van der Waals surface area contributed by atoms with Gasteiger partial charge >= 0.3 is 0 Å². The van der Waals surface area contributed by atoms with Crippen molar-refractivity contribution in [3.63, 3.8) is 0 Å². The third-order valence-corrected chi connectivity index (χ3v) is 10.1. The molecule has 1 saturated heterocycles. The predicted octanol–water partition coefficient (Wildman–Crippen LogP) is 4.23. The summed E-state index contributed by atoms with van der Waals surface area (Å²) < 4.78 is 28.1. The fourth-order valence-electron chi connectivity index (χ4n) is 4.41. The number of thiophene rings is 1. The highest BCUT2D eigenvalue weighted by Gasteiger charge is 2.43. The minimum atomic E-state index is -3.66. The number of aromatic nitrogens is 1. The molecule has 3 aromatic rings. The van der Waals surface area contributed by atoms with Crippen LogP contribution in [0.1, 0.15) is 28.3 Å². The van der Waals surface area contributed by atoms with Crippen molar-refractivity contribution in [3.05, 3.63) is 51.2 Å². The summed E-state index contributed by atoms with van der Waals surface area (Å²) in [4.78, 5) is 20.7. The number of aryl methyl sites for hydroxylation is 2. The van der Waals surface area contributed by atoms with Crippen LogP contribution in [0.3, 0.4) is 0 Å². The minimum absolute atomic E-state index is 0.120. The number of anilines is 1. The number of thiazole rings is 1. The van der Waals surface area contributed by atoms with Gasteiger partial charge in [-0.05, 0) is 62.9 Å². The van der Waals surface area contributed by atoms with E-state index in [0.717, 1.165) is 38.8 Å². The first-order valence-corrected chi connectivity index (χ1v) is 13.4. The second-order valence-corrected chi connectivity index (χ2v) is 12.4. The molecule has 2 aliphatic rings. The summed E-state index contributed by atoms with van der Waals surface area (Å²) in [7, 11) is -3.66. The van der Waals surface area contributed by atoms with Gasteiger partial charge in [-0.15, -0.1) is 22.7 Å². The Morgan fingerprint density at radius 3 is 2.71 bits per heavy atom. The molecule has 5 rings (SSSR count). The second-order valence-electron chi connectivity index (χ2n) is 7.97. The molecule has 162 valence electrons. The summed E-state index contributed by atoms with van der Waals surface area (Å²) in [5, 5.41) is 3.07. The monoisotopic (exact) mass is 473 g/mol. The first kappa shape index (κ1) is 20.8. The maximum absolute atomic E-state index is 13.5. The summed E-state index contributed by atoms with van der Waals surface area (Å²) >= 11 is 2.88. The Balaban J connectivity index is 1.41. The average molecular weight is 474 g/mol. The van der Waals surface area contributed by atoms with Crippen LogP contribution in [0.4, 0.5) is 5.69 Å². The van der Waals surface area contributed by atoms with Crippen LogP contribution in [0.5, 0.6) is 0 Å². The fourth-order valence-corrected chi connectivity index (χ4v) is 8.09. The Morgan fingerprint density at radius 1 is 1.16 bits per heavy atom. The van der Waals surface area contributed by atoms with Crippen LogP contribution in [-0.4, -0.2) is 42.7 Å². The Kier molecular flexibility index (Phi) is 5.24. The van der Waals surface area contributed by atoms with Crippen molar-refractivity contribution < 1.29 is 13.2 Å². The van der Waals surface area contributed by atoms with Gasteiger partial charge in [0.2, 0.25) is 5.91 Å². The van der Waals surface area contributed by atoms with E-state index in [9.17, 15) is 13.2 Å². The molecule has 2 aliphatic heterocycles. The van der Waals surface area contributed by atoms with Crippen molar-refractivity contribution in [3.8, 4) is 11.3 Å². The number of nitrogens with zero attached hydrogens (tertiary/aromatic N) is 3. The molecule has 1 atom stereocenters. The summed E-state index contributed by atoms with van der Waals surface area (Å²) in [6, 6.07) is 8.88. The van der Waals surface area contributed by atoms with E-state index in [4.69, 9.17) is 0 Å². The van der Waals surface area contributed by atoms with E-state index in [1.807, 2.05) is 37.4 Å². The third-order valence-electron chi connectivity index (χ3n) is 5.92. The summed E-state index contributed by atoms with van der Waals surface area (Å²) in [5.41, 5.74) is 4.00. The average Bonchev–Trinajstić information content (AvgIpc) is 3.53. The number of amides is 1. The van der Waals surface area contributed by atoms with Gasteiger partial charge in [0, 0.05) is 34.6 Å². The number of rotatable bonds is 4. The number of sulfonamides is 1. The van der Waals surface area contributed by atoms with Gasteiger partial charge in [-0.3, -0.25) is 4.79 Å². The quantitative estimate of drug-likeness (QED) is 0.569. The molecule has 0 N–H and O–H groups in total. The topological polar surface area (TPSA) is 70.6 Å². The molecular weight excluding hydrogens is 450 g/mol. The molecule has 4 heterocycles. The number of hydrogen-bond donors (Lipinski definition) is 0. The summed E-state index contributed by atoms with van der Waals surface area (Å²) in [5.74, 6) is -0.120. The smallest absolute Gasteiger partial charge is 0.253 e. The Morgan fingerprint density at radius 2 is 2.00 bits per heavy atom. The van der Waals surface area contributed by atoms with Crippen LogP contribution in [0.15, 0.2) is 39.9 Å². The van der Waals surface area contributed by atoms with Crippen LogP contribution in [0.25, 0.3) is 11.3 Å². The predicted molar refractivity (Wildman–Crippen MR) is 124 cm³/mol. The molecule has 1 amide bonds. The van der Waals surface area contributed by atoms with Crippen LogP contribution in [-0.2, 0) is 21.2 Å². The van der Waals surface area contributed by atoms with Crippen LogP contribution in [0.2, 0.25) is 0 Å². The van der Waals surface area contributed by atoms with Gasteiger partial charge in [0.1, 0.15) is 10.3 Å². The lowest BCUT2D eigenvalue weighted by Crippen LogP contribution is -2.47. The summed E-state index contributed by atoms with van der Waals surface area (Å²) in [6.45, 7) is 4.84. The van der Waals surface area contributed by atoms with Gasteiger partial charge < -0.3 is 4.90 Å². The largest absolute Gasteiger partial charge is 0.310 e. The Hall–Kier alpha value is -2.07. The van der Waals surface area contributed by atoms with E-state index in [0.29, 0.717) is 30.1 Å². The van der Waals surface area contributed by atoms with Gasteiger partial charge in [0.25, 0.3) is 10.0 Å². The molecule has 31 heavy (non-hydrogen) atoms. The van der Waals surface area contributed by atoms with Crippen molar-refractivity contribution in [2.45, 2.75) is 43.4 Å². The molecule has 9 heteroatoms. The molecule has 2 aromatic heterocycles. The lowest BCUT2D eigenvalue weighted by Gasteiger charge is -2.27. The normalized spacial score (nSPS) is 19.2. The maximum atomic E-state index is 13.5. The number of carbonyl (C=O) groups excluding carboxylic acids is 1. The summed E-state index contributed by atoms with van der Waals surface area (Å²) in [6.07, 6.45) is 2.02. The van der Waals surface area contributed by atoms with E-state index in [1.165, 1.54) is 15.6 Å². The molecule has 0 saturated carbocycles. The van der Waals surface area contributed by atoms with E-state index >= 15 is 0 Å². The van der Waals surface area contributed by atoms with Gasteiger partial charge in [-0.1, -0.05) is 6.07 Å². The lowest BCUT2D eigenvalue weighted by molar-refractivity contribution is -0.121. The van der Waals surface area contributed by atoms with Crippen molar-refractivity contribution >= 4 is 44.3 Å². The highest BCUT2D eigenvalue weighted by atomic mass is 32.2. The molecule has 1 unspecified atom stereocenters. The first-order chi connectivity index (χ1) is 14.8. The van der Waals surface area contributed by atoms with Crippen molar-refractivity contribution in [1.82, 2.24) is 9.29 Å². The third kappa shape index (κ3) is 3.63. The van der Waals surface area contributed by atoms with Crippen molar-refractivity contribution in [1.29, 1.82) is 0 Å². The first-order valence-electron chi connectivity index (χ1n) is 10.3. The molecule has 1 fully saturated rings. The minimum Gasteiger partial charge on any atom is -0.310 e. The molecule has 0 spiro atoms. The Bertz CT molecular complexity index is 1260. The number of fused-ring (bicyclic) bond motifs is 1. The van der Waals surface area contributed by atoms with E-state index in [1.54, 1.807) is 22.3 Å². The van der Waals surface area contributed by atoms with Gasteiger partial charge in [0.15, 0.2) is 0 Å². The van der Waals surface area contributed by atoms with E-state index in [2.05, 4.69) is 11.1 Å². The second kappa shape index (κ2) is 7.81. The van der Waals surface area contributed by atoms with E-state index < -0.39 is 16.1 Å². The highest BCUT2D eigenvalue weighted by Crippen LogP contribution is 2.36. The Labute approximate surface area is 190 Å². The molecule has 6 nitrogen and oxygen atoms in total. The molecule has 0 radical (unpaired) electrons. The maximum Gasteiger partial charge on any atom is 0.253 e. The number of hydrogen-bond acceptors (Lipinski definition) is 6. The zero-order valence-electron chi connectivity index (χ0n) is 17.4. The number of benzene rings is 1. The van der Waals surface area contributed by atoms with Crippen LogP contribution >= 0.6 is 22.7 Å². The molecule has 0 bridgehead atoms. The molecule has 1 aromatic carbocycles. The van der Waals surface area contributed by atoms with Crippen LogP contribution < -0.4 is 4.90 Å². The van der Waals surface area contributed by atoms with Gasteiger partial charge in [-0.2, -0.15) is 4.31 Å². The highest BCUT2D eigenvalue weighted by molar-refractivity contribution is 7.91. The van der Waals surface area contributed by atoms with Crippen molar-refractivity contribution in [2.75, 3.05) is 18.0 Å². The van der Waals surface area contributed by atoms with Gasteiger partial charge in [0.05, 0.1) is 10.7 Å². The standard InChI is InChI=1S/C22H23N3O3S3/c1-14-5-8-21(30-14)31(27,28)25-10-3-4-20(25)22(26)24-11-9-17-12-16(6-7-19(17)24)18-13-29-15(2)23-18/h5-8,12-13,20H,3-4,9-11H2,1-2H3. The van der Waals surface area contributed by atoms with Crippen LogP contribution in [0, 0.1) is 13.8 Å². The molecule has 0 aliphatic carbocycles. The van der Waals surface area contributed by atoms with Gasteiger partial charge in [-0.25, -0.2) is 13.4 Å². The fraction of sp³-hybridized carbons (Fsp3) is 0.364. The lowest BCUT2D eigenvalue weighted by atomic mass is 10.1. The molecular formula is C22H23N3O3S3. The number of carbonyl (C=O) groups is 1. The van der Waals surface area contributed by atoms with Crippen molar-refractivity contribution in [2.24, 2.45) is 0 Å². The zero-order chi connectivity index (χ0) is 21.8. The van der Waals surface area contributed by atoms with E-state index in [-0.39, 0.29) is 5.91 Å². The SMILES string of the molecule is Cc1ccc(S(=O)(=O)N2CCCC2C(=O)N2CCc3cc(-c4csc(C)n4)ccc32)s1. The zero-order valence-corrected chi connectivity index (χ0v) is 19.8.